The van der Waals surface area contributed by atoms with Crippen molar-refractivity contribution < 1.29 is 14.3 Å². The number of hydrogen-bond donors (Lipinski definition) is 1. The SMILES string of the molecule is O=C(COC(=O)c1ccc(Cl)nc1)N[C@H]1CCCc2ccccc21. The van der Waals surface area contributed by atoms with Gasteiger partial charge in [0.1, 0.15) is 5.15 Å². The largest absolute Gasteiger partial charge is 0.452 e. The third-order valence-corrected chi connectivity index (χ3v) is 4.23. The molecule has 124 valence electrons. The van der Waals surface area contributed by atoms with E-state index < -0.39 is 5.97 Å². The maximum atomic E-state index is 12.1. The summed E-state index contributed by atoms with van der Waals surface area (Å²) in [5, 5.41) is 3.23. The topological polar surface area (TPSA) is 68.3 Å². The molecule has 1 amide bonds. The number of ether oxygens (including phenoxy) is 1. The van der Waals surface area contributed by atoms with Gasteiger partial charge >= 0.3 is 5.97 Å². The van der Waals surface area contributed by atoms with Crippen molar-refractivity contribution in [2.45, 2.75) is 25.3 Å². The second-order valence-electron chi connectivity index (χ2n) is 5.66. The number of aromatic nitrogens is 1. The molecule has 1 atom stereocenters. The first-order valence-electron chi connectivity index (χ1n) is 7.79. The molecule has 0 spiro atoms. The van der Waals surface area contributed by atoms with Crippen LogP contribution >= 0.6 is 11.6 Å². The Hall–Kier alpha value is -2.40. The molecular weight excluding hydrogens is 328 g/mol. The molecule has 6 heteroatoms. The standard InChI is InChI=1S/C18H17ClN2O3/c19-16-9-8-13(10-20-16)18(23)24-11-17(22)21-15-7-3-5-12-4-1-2-6-14(12)15/h1-2,4,6,8-10,15H,3,5,7,11H2,(H,21,22)/t15-/m0/s1. The Labute approximate surface area is 145 Å². The number of halogens is 1. The van der Waals surface area contributed by atoms with Crippen molar-refractivity contribution in [1.82, 2.24) is 10.3 Å². The number of carbonyl (C=O) groups is 2. The summed E-state index contributed by atoms with van der Waals surface area (Å²) in [6.07, 6.45) is 4.26. The predicted molar refractivity (Wildman–Crippen MR) is 89.8 cm³/mol. The van der Waals surface area contributed by atoms with E-state index in [9.17, 15) is 9.59 Å². The van der Waals surface area contributed by atoms with E-state index in [-0.39, 0.29) is 24.1 Å². The van der Waals surface area contributed by atoms with Crippen molar-refractivity contribution in [3.63, 3.8) is 0 Å². The van der Waals surface area contributed by atoms with Gasteiger partial charge in [-0.25, -0.2) is 9.78 Å². The summed E-state index contributed by atoms with van der Waals surface area (Å²) in [7, 11) is 0. The van der Waals surface area contributed by atoms with E-state index in [1.54, 1.807) is 0 Å². The molecule has 0 saturated carbocycles. The van der Waals surface area contributed by atoms with Crippen LogP contribution in [0.2, 0.25) is 5.15 Å². The zero-order chi connectivity index (χ0) is 16.9. The molecule has 3 rings (SSSR count). The van der Waals surface area contributed by atoms with Gasteiger partial charge in [-0.1, -0.05) is 35.9 Å². The van der Waals surface area contributed by atoms with Crippen LogP contribution in [0.4, 0.5) is 0 Å². The molecule has 1 aromatic heterocycles. The summed E-state index contributed by atoms with van der Waals surface area (Å²) in [6.45, 7) is -0.319. The van der Waals surface area contributed by atoms with Gasteiger partial charge in [0.2, 0.25) is 0 Å². The van der Waals surface area contributed by atoms with Gasteiger partial charge in [0.15, 0.2) is 6.61 Å². The van der Waals surface area contributed by atoms with E-state index >= 15 is 0 Å². The molecule has 1 aliphatic rings. The van der Waals surface area contributed by atoms with Crippen LogP contribution in [0.1, 0.15) is 40.4 Å². The summed E-state index contributed by atoms with van der Waals surface area (Å²) in [4.78, 5) is 27.8. The molecule has 1 N–H and O–H groups in total. The number of amides is 1. The third-order valence-electron chi connectivity index (χ3n) is 4.00. The van der Waals surface area contributed by atoms with Crippen molar-refractivity contribution >= 4 is 23.5 Å². The van der Waals surface area contributed by atoms with Crippen molar-refractivity contribution in [2.75, 3.05) is 6.61 Å². The van der Waals surface area contributed by atoms with E-state index in [4.69, 9.17) is 16.3 Å². The Balaban J connectivity index is 1.55. The van der Waals surface area contributed by atoms with E-state index in [1.165, 1.54) is 23.9 Å². The number of esters is 1. The minimum absolute atomic E-state index is 0.0293. The molecule has 0 unspecified atom stereocenters. The smallest absolute Gasteiger partial charge is 0.340 e. The highest BCUT2D eigenvalue weighted by Gasteiger charge is 2.21. The van der Waals surface area contributed by atoms with Gasteiger partial charge in [0, 0.05) is 6.20 Å². The molecule has 0 bridgehead atoms. The maximum Gasteiger partial charge on any atom is 0.340 e. The van der Waals surface area contributed by atoms with Crippen molar-refractivity contribution in [1.29, 1.82) is 0 Å². The Bertz CT molecular complexity index is 746. The molecule has 1 heterocycles. The average Bonchev–Trinajstić information content (AvgIpc) is 2.61. The fourth-order valence-corrected chi connectivity index (χ4v) is 2.96. The lowest BCUT2D eigenvalue weighted by atomic mass is 9.88. The highest BCUT2D eigenvalue weighted by molar-refractivity contribution is 6.29. The molecule has 24 heavy (non-hydrogen) atoms. The zero-order valence-corrected chi connectivity index (χ0v) is 13.8. The lowest BCUT2D eigenvalue weighted by Gasteiger charge is -2.26. The van der Waals surface area contributed by atoms with Gasteiger partial charge in [0.05, 0.1) is 11.6 Å². The molecular formula is C18H17ClN2O3. The van der Waals surface area contributed by atoms with Gasteiger partial charge in [-0.2, -0.15) is 0 Å². The number of benzene rings is 1. The first-order valence-corrected chi connectivity index (χ1v) is 8.17. The van der Waals surface area contributed by atoms with Crippen LogP contribution in [0.3, 0.4) is 0 Å². The third kappa shape index (κ3) is 3.92. The summed E-state index contributed by atoms with van der Waals surface area (Å²) >= 11 is 5.67. The molecule has 5 nitrogen and oxygen atoms in total. The van der Waals surface area contributed by atoms with Crippen molar-refractivity contribution in [3.05, 3.63) is 64.4 Å². The molecule has 1 aromatic carbocycles. The highest BCUT2D eigenvalue weighted by atomic mass is 35.5. The van der Waals surface area contributed by atoms with Crippen LogP contribution in [-0.2, 0) is 16.0 Å². The zero-order valence-electron chi connectivity index (χ0n) is 13.0. The maximum absolute atomic E-state index is 12.1. The molecule has 0 aliphatic heterocycles. The van der Waals surface area contributed by atoms with Gasteiger partial charge in [-0.3, -0.25) is 4.79 Å². The lowest BCUT2D eigenvalue weighted by molar-refractivity contribution is -0.125. The van der Waals surface area contributed by atoms with E-state index in [0.717, 1.165) is 24.8 Å². The van der Waals surface area contributed by atoms with E-state index in [2.05, 4.69) is 16.4 Å². The number of carbonyl (C=O) groups excluding carboxylic acids is 2. The number of pyridine rings is 1. The van der Waals surface area contributed by atoms with Crippen LogP contribution in [0.5, 0.6) is 0 Å². The van der Waals surface area contributed by atoms with Crippen LogP contribution in [0.25, 0.3) is 0 Å². The van der Waals surface area contributed by atoms with E-state index in [0.29, 0.717) is 5.15 Å². The summed E-state index contributed by atoms with van der Waals surface area (Å²) < 4.78 is 5.03. The summed E-state index contributed by atoms with van der Waals surface area (Å²) in [5.41, 5.74) is 2.67. The number of aryl methyl sites for hydroxylation is 1. The molecule has 1 aliphatic carbocycles. The fraction of sp³-hybridized carbons (Fsp3) is 0.278. The number of fused-ring (bicyclic) bond motifs is 1. The average molecular weight is 345 g/mol. The molecule has 0 radical (unpaired) electrons. The second kappa shape index (κ2) is 7.45. The minimum atomic E-state index is -0.599. The minimum Gasteiger partial charge on any atom is -0.452 e. The van der Waals surface area contributed by atoms with E-state index in [1.807, 2.05) is 18.2 Å². The first-order chi connectivity index (χ1) is 11.6. The predicted octanol–water partition coefficient (Wildman–Crippen LogP) is 3.09. The Kier molecular flexibility index (Phi) is 5.11. The van der Waals surface area contributed by atoms with Gasteiger partial charge < -0.3 is 10.1 Å². The normalized spacial score (nSPS) is 16.1. The van der Waals surface area contributed by atoms with Crippen LogP contribution in [0, 0.1) is 0 Å². The Morgan fingerprint density at radius 3 is 2.88 bits per heavy atom. The van der Waals surface area contributed by atoms with Crippen LogP contribution in [0.15, 0.2) is 42.6 Å². The molecule has 0 saturated heterocycles. The van der Waals surface area contributed by atoms with Crippen molar-refractivity contribution in [2.24, 2.45) is 0 Å². The fourth-order valence-electron chi connectivity index (χ4n) is 2.85. The number of nitrogens with zero attached hydrogens (tertiary/aromatic N) is 1. The van der Waals surface area contributed by atoms with Gasteiger partial charge in [-0.05, 0) is 42.5 Å². The quantitative estimate of drug-likeness (QED) is 0.683. The summed E-state index contributed by atoms with van der Waals surface area (Å²) in [6, 6.07) is 11.1. The Morgan fingerprint density at radius 1 is 1.25 bits per heavy atom. The van der Waals surface area contributed by atoms with Crippen molar-refractivity contribution in [3.8, 4) is 0 Å². The first kappa shape index (κ1) is 16.5. The van der Waals surface area contributed by atoms with Crippen LogP contribution < -0.4 is 5.32 Å². The molecule has 2 aromatic rings. The van der Waals surface area contributed by atoms with Gasteiger partial charge in [-0.15, -0.1) is 0 Å². The number of nitrogens with one attached hydrogen (secondary N) is 1. The Morgan fingerprint density at radius 2 is 2.08 bits per heavy atom. The summed E-state index contributed by atoms with van der Waals surface area (Å²) in [5.74, 6) is -0.912. The molecule has 0 fully saturated rings. The second-order valence-corrected chi connectivity index (χ2v) is 6.04. The lowest BCUT2D eigenvalue weighted by Crippen LogP contribution is -2.34. The monoisotopic (exact) mass is 344 g/mol. The number of rotatable bonds is 4. The van der Waals surface area contributed by atoms with Crippen LogP contribution in [-0.4, -0.2) is 23.5 Å². The number of hydrogen-bond acceptors (Lipinski definition) is 4. The van der Waals surface area contributed by atoms with Gasteiger partial charge in [0.25, 0.3) is 5.91 Å². The highest BCUT2D eigenvalue weighted by Crippen LogP contribution is 2.29.